The van der Waals surface area contributed by atoms with Crippen molar-refractivity contribution in [2.24, 2.45) is 5.92 Å². The van der Waals surface area contributed by atoms with Crippen molar-refractivity contribution < 1.29 is 5.11 Å². The van der Waals surface area contributed by atoms with Gasteiger partial charge in [0.25, 0.3) is 0 Å². The van der Waals surface area contributed by atoms with Crippen LogP contribution in [0.3, 0.4) is 0 Å². The molecule has 0 radical (unpaired) electrons. The van der Waals surface area contributed by atoms with Gasteiger partial charge in [0, 0.05) is 11.6 Å². The summed E-state index contributed by atoms with van der Waals surface area (Å²) in [6, 6.07) is 0.659. The lowest BCUT2D eigenvalue weighted by molar-refractivity contribution is 0.0999. The van der Waals surface area contributed by atoms with Crippen molar-refractivity contribution in [1.29, 1.82) is 0 Å². The Morgan fingerprint density at radius 3 is 2.12 bits per heavy atom. The van der Waals surface area contributed by atoms with E-state index in [-0.39, 0.29) is 5.54 Å². The summed E-state index contributed by atoms with van der Waals surface area (Å²) < 4.78 is 0. The number of rotatable bonds is 4. The summed E-state index contributed by atoms with van der Waals surface area (Å²) in [5.74, 6) is 0.694. The highest BCUT2D eigenvalue weighted by molar-refractivity contribution is 4.95. The van der Waals surface area contributed by atoms with E-state index in [0.29, 0.717) is 18.6 Å². The van der Waals surface area contributed by atoms with Crippen LogP contribution in [0.5, 0.6) is 0 Å². The third-order valence-electron chi connectivity index (χ3n) is 4.72. The van der Waals surface area contributed by atoms with Gasteiger partial charge in [0.15, 0.2) is 0 Å². The Labute approximate surface area is 99.8 Å². The fraction of sp³-hybridized carbons (Fsp3) is 1.00. The SMILES string of the molecule is CC(CO)(NC1CCCCC1)C1CCCC1. The van der Waals surface area contributed by atoms with Crippen molar-refractivity contribution in [1.82, 2.24) is 5.32 Å². The van der Waals surface area contributed by atoms with Gasteiger partial charge in [-0.25, -0.2) is 0 Å². The minimum atomic E-state index is -0.0154. The van der Waals surface area contributed by atoms with Crippen molar-refractivity contribution in [2.45, 2.75) is 76.3 Å². The highest BCUT2D eigenvalue weighted by Gasteiger charge is 2.36. The molecule has 0 spiro atoms. The minimum Gasteiger partial charge on any atom is -0.394 e. The molecular weight excluding hydrogens is 198 g/mol. The van der Waals surface area contributed by atoms with Crippen molar-refractivity contribution in [2.75, 3.05) is 6.61 Å². The molecule has 0 aliphatic heterocycles. The number of aliphatic hydroxyl groups is 1. The molecular formula is C14H27NO. The fourth-order valence-electron chi connectivity index (χ4n) is 3.57. The van der Waals surface area contributed by atoms with Crippen LogP contribution in [0.4, 0.5) is 0 Å². The molecule has 0 aromatic carbocycles. The summed E-state index contributed by atoms with van der Waals surface area (Å²) in [6.07, 6.45) is 12.1. The van der Waals surface area contributed by atoms with Gasteiger partial charge < -0.3 is 10.4 Å². The largest absolute Gasteiger partial charge is 0.394 e. The van der Waals surface area contributed by atoms with Crippen LogP contribution in [0.25, 0.3) is 0 Å². The first kappa shape index (κ1) is 12.4. The fourth-order valence-corrected chi connectivity index (χ4v) is 3.57. The lowest BCUT2D eigenvalue weighted by atomic mass is 9.82. The van der Waals surface area contributed by atoms with Gasteiger partial charge in [-0.3, -0.25) is 0 Å². The number of hydrogen-bond donors (Lipinski definition) is 2. The average molecular weight is 225 g/mol. The molecule has 2 rings (SSSR count). The van der Waals surface area contributed by atoms with Crippen molar-refractivity contribution in [3.63, 3.8) is 0 Å². The molecule has 2 nitrogen and oxygen atoms in total. The van der Waals surface area contributed by atoms with Crippen LogP contribution < -0.4 is 5.32 Å². The summed E-state index contributed by atoms with van der Waals surface area (Å²) in [4.78, 5) is 0. The third kappa shape index (κ3) is 2.78. The lowest BCUT2D eigenvalue weighted by Crippen LogP contribution is -2.55. The second kappa shape index (κ2) is 5.50. The smallest absolute Gasteiger partial charge is 0.0613 e. The van der Waals surface area contributed by atoms with Crippen molar-refractivity contribution >= 4 is 0 Å². The molecule has 2 heteroatoms. The van der Waals surface area contributed by atoms with Gasteiger partial charge in [0.2, 0.25) is 0 Å². The van der Waals surface area contributed by atoms with Crippen LogP contribution in [-0.2, 0) is 0 Å². The molecule has 0 aromatic rings. The molecule has 0 bridgehead atoms. The van der Waals surface area contributed by atoms with Crippen LogP contribution in [0.1, 0.15) is 64.7 Å². The normalized spacial score (nSPS) is 28.1. The molecule has 1 unspecified atom stereocenters. The van der Waals surface area contributed by atoms with E-state index < -0.39 is 0 Å². The third-order valence-corrected chi connectivity index (χ3v) is 4.72. The molecule has 2 saturated carbocycles. The Morgan fingerprint density at radius 2 is 1.56 bits per heavy atom. The standard InChI is InChI=1S/C14H27NO/c1-14(11-16,12-7-5-6-8-12)15-13-9-3-2-4-10-13/h12-13,15-16H,2-11H2,1H3. The molecule has 2 N–H and O–H groups in total. The number of hydrogen-bond acceptors (Lipinski definition) is 2. The Hall–Kier alpha value is -0.0800. The predicted octanol–water partition coefficient (Wildman–Crippen LogP) is 2.85. The van der Waals surface area contributed by atoms with E-state index in [0.717, 1.165) is 0 Å². The zero-order chi connectivity index (χ0) is 11.4. The second-order valence-corrected chi connectivity index (χ2v) is 6.04. The summed E-state index contributed by atoms with van der Waals surface area (Å²) in [7, 11) is 0. The lowest BCUT2D eigenvalue weighted by Gasteiger charge is -2.40. The predicted molar refractivity (Wildman–Crippen MR) is 67.5 cm³/mol. The maximum absolute atomic E-state index is 9.71. The van der Waals surface area contributed by atoms with Crippen LogP contribution in [-0.4, -0.2) is 23.3 Å². The maximum atomic E-state index is 9.71. The maximum Gasteiger partial charge on any atom is 0.0613 e. The topological polar surface area (TPSA) is 32.3 Å². The van der Waals surface area contributed by atoms with E-state index in [1.165, 1.54) is 57.8 Å². The first-order valence-corrected chi connectivity index (χ1v) is 7.13. The minimum absolute atomic E-state index is 0.0154. The summed E-state index contributed by atoms with van der Waals surface area (Å²) in [5.41, 5.74) is -0.0154. The van der Waals surface area contributed by atoms with Gasteiger partial charge in [-0.15, -0.1) is 0 Å². The highest BCUT2D eigenvalue weighted by atomic mass is 16.3. The number of nitrogens with one attached hydrogen (secondary N) is 1. The second-order valence-electron chi connectivity index (χ2n) is 6.04. The van der Waals surface area contributed by atoms with Gasteiger partial charge in [-0.05, 0) is 38.5 Å². The molecule has 0 heterocycles. The highest BCUT2D eigenvalue weighted by Crippen LogP contribution is 2.35. The van der Waals surface area contributed by atoms with Crippen molar-refractivity contribution in [3.8, 4) is 0 Å². The van der Waals surface area contributed by atoms with Crippen LogP contribution in [0.2, 0.25) is 0 Å². The van der Waals surface area contributed by atoms with E-state index in [9.17, 15) is 5.11 Å². The summed E-state index contributed by atoms with van der Waals surface area (Å²) in [5, 5.41) is 13.5. The molecule has 2 fully saturated rings. The first-order chi connectivity index (χ1) is 7.74. The Bertz CT molecular complexity index is 207. The van der Waals surface area contributed by atoms with Crippen LogP contribution >= 0.6 is 0 Å². The van der Waals surface area contributed by atoms with E-state index in [4.69, 9.17) is 0 Å². The molecule has 0 amide bonds. The molecule has 1 atom stereocenters. The zero-order valence-corrected chi connectivity index (χ0v) is 10.7. The van der Waals surface area contributed by atoms with Crippen LogP contribution in [0, 0.1) is 5.92 Å². The number of aliphatic hydroxyl groups excluding tert-OH is 1. The van der Waals surface area contributed by atoms with E-state index >= 15 is 0 Å². The van der Waals surface area contributed by atoms with E-state index in [1.807, 2.05) is 0 Å². The molecule has 2 aliphatic carbocycles. The molecule has 2 aliphatic rings. The molecule has 0 aromatic heterocycles. The Balaban J connectivity index is 1.91. The van der Waals surface area contributed by atoms with Gasteiger partial charge in [0.05, 0.1) is 6.61 Å². The van der Waals surface area contributed by atoms with Gasteiger partial charge in [0.1, 0.15) is 0 Å². The quantitative estimate of drug-likeness (QED) is 0.771. The molecule has 0 saturated heterocycles. The van der Waals surface area contributed by atoms with Crippen LogP contribution in [0.15, 0.2) is 0 Å². The summed E-state index contributed by atoms with van der Waals surface area (Å²) in [6.45, 7) is 2.53. The van der Waals surface area contributed by atoms with Crippen molar-refractivity contribution in [3.05, 3.63) is 0 Å². The zero-order valence-electron chi connectivity index (χ0n) is 10.7. The van der Waals surface area contributed by atoms with Gasteiger partial charge >= 0.3 is 0 Å². The molecule has 16 heavy (non-hydrogen) atoms. The molecule has 94 valence electrons. The van der Waals surface area contributed by atoms with Gasteiger partial charge in [-0.1, -0.05) is 32.1 Å². The monoisotopic (exact) mass is 225 g/mol. The van der Waals surface area contributed by atoms with Gasteiger partial charge in [-0.2, -0.15) is 0 Å². The Morgan fingerprint density at radius 1 is 1.00 bits per heavy atom. The Kier molecular flexibility index (Phi) is 4.26. The first-order valence-electron chi connectivity index (χ1n) is 7.13. The van der Waals surface area contributed by atoms with E-state index in [2.05, 4.69) is 12.2 Å². The summed E-state index contributed by atoms with van der Waals surface area (Å²) >= 11 is 0. The van der Waals surface area contributed by atoms with E-state index in [1.54, 1.807) is 0 Å². The average Bonchev–Trinajstić information content (AvgIpc) is 2.84.